The van der Waals surface area contributed by atoms with Crippen LogP contribution in [0.4, 0.5) is 4.79 Å². The van der Waals surface area contributed by atoms with Crippen molar-refractivity contribution in [2.24, 2.45) is 5.92 Å². The highest BCUT2D eigenvalue weighted by atomic mass is 16.5. The highest BCUT2D eigenvalue weighted by molar-refractivity contribution is 5.82. The van der Waals surface area contributed by atoms with Gasteiger partial charge >= 0.3 is 12.1 Å². The fourth-order valence-corrected chi connectivity index (χ4v) is 5.44. The first-order chi connectivity index (χ1) is 16.5. The molecule has 2 aliphatic carbocycles. The molecule has 1 saturated carbocycles. The summed E-state index contributed by atoms with van der Waals surface area (Å²) in [5.41, 5.74) is 4.67. The van der Waals surface area contributed by atoms with Gasteiger partial charge in [-0.05, 0) is 47.9 Å². The summed E-state index contributed by atoms with van der Waals surface area (Å²) in [6, 6.07) is 15.7. The van der Waals surface area contributed by atoms with E-state index in [-0.39, 0.29) is 30.4 Å². The monoisotopic (exact) mass is 464 g/mol. The van der Waals surface area contributed by atoms with Crippen molar-refractivity contribution >= 4 is 18.0 Å². The van der Waals surface area contributed by atoms with Crippen LogP contribution in [0, 0.1) is 5.92 Å². The Morgan fingerprint density at radius 1 is 0.941 bits per heavy atom. The van der Waals surface area contributed by atoms with Gasteiger partial charge in [-0.25, -0.2) is 9.59 Å². The van der Waals surface area contributed by atoms with Crippen molar-refractivity contribution in [3.63, 3.8) is 0 Å². The fourth-order valence-electron chi connectivity index (χ4n) is 5.44. The Kier molecular flexibility index (Phi) is 6.24. The molecular weight excluding hydrogens is 436 g/mol. The quantitative estimate of drug-likeness (QED) is 0.606. The number of benzene rings is 2. The summed E-state index contributed by atoms with van der Waals surface area (Å²) >= 11 is 0. The fraction of sp³-hybridized carbons (Fsp3) is 0.423. The van der Waals surface area contributed by atoms with Crippen LogP contribution in [0.1, 0.15) is 42.7 Å². The smallest absolute Gasteiger partial charge is 0.407 e. The van der Waals surface area contributed by atoms with Crippen LogP contribution < -0.4 is 10.6 Å². The van der Waals surface area contributed by atoms with E-state index < -0.39 is 24.2 Å². The van der Waals surface area contributed by atoms with Crippen LogP contribution in [-0.4, -0.2) is 54.5 Å². The number of carbonyl (C=O) groups is 3. The van der Waals surface area contributed by atoms with Crippen molar-refractivity contribution in [3.05, 3.63) is 59.7 Å². The predicted molar refractivity (Wildman–Crippen MR) is 123 cm³/mol. The Bertz CT molecular complexity index is 1060. The SMILES string of the molecule is O=C(N[C@H]1CC[C@@H](C(=O)N[C@H]2CCO[C@H]2C(=O)O)C1)OCC1c2ccccc2-c2ccccc21. The number of alkyl carbamates (subject to hydrolysis) is 1. The lowest BCUT2D eigenvalue weighted by Crippen LogP contribution is -2.46. The van der Waals surface area contributed by atoms with Crippen LogP contribution in [0.2, 0.25) is 0 Å². The Hall–Kier alpha value is -3.39. The maximum atomic E-state index is 12.6. The van der Waals surface area contributed by atoms with Gasteiger partial charge in [0.05, 0.1) is 6.04 Å². The summed E-state index contributed by atoms with van der Waals surface area (Å²) < 4.78 is 10.8. The maximum absolute atomic E-state index is 12.6. The van der Waals surface area contributed by atoms with E-state index in [0.717, 1.165) is 11.1 Å². The van der Waals surface area contributed by atoms with Crippen LogP contribution in [0.15, 0.2) is 48.5 Å². The minimum atomic E-state index is -1.07. The number of ether oxygens (including phenoxy) is 2. The van der Waals surface area contributed by atoms with Gasteiger partial charge in [-0.3, -0.25) is 4.79 Å². The van der Waals surface area contributed by atoms with Crippen molar-refractivity contribution in [1.82, 2.24) is 10.6 Å². The predicted octanol–water partition coefficient (Wildman–Crippen LogP) is 3.05. The molecule has 2 aromatic carbocycles. The molecule has 34 heavy (non-hydrogen) atoms. The summed E-state index contributed by atoms with van der Waals surface area (Å²) in [6.07, 6.45) is 0.804. The van der Waals surface area contributed by atoms with Gasteiger partial charge in [-0.1, -0.05) is 48.5 Å². The Balaban J connectivity index is 1.12. The van der Waals surface area contributed by atoms with Crippen LogP contribution in [-0.2, 0) is 19.1 Å². The lowest BCUT2D eigenvalue weighted by molar-refractivity contribution is -0.148. The normalized spacial score (nSPS) is 25.4. The molecule has 8 heteroatoms. The van der Waals surface area contributed by atoms with Crippen molar-refractivity contribution in [2.45, 2.75) is 49.8 Å². The van der Waals surface area contributed by atoms with Crippen LogP contribution in [0.3, 0.4) is 0 Å². The second-order valence-electron chi connectivity index (χ2n) is 9.21. The summed E-state index contributed by atoms with van der Waals surface area (Å²) in [7, 11) is 0. The zero-order chi connectivity index (χ0) is 23.7. The van der Waals surface area contributed by atoms with E-state index in [9.17, 15) is 19.5 Å². The second kappa shape index (κ2) is 9.46. The van der Waals surface area contributed by atoms with Gasteiger partial charge in [-0.2, -0.15) is 0 Å². The van der Waals surface area contributed by atoms with E-state index in [0.29, 0.717) is 32.3 Å². The molecule has 0 unspecified atom stereocenters. The van der Waals surface area contributed by atoms with Gasteiger partial charge in [0.2, 0.25) is 5.91 Å². The standard InChI is InChI=1S/C26H28N2O6/c29-24(28-22-11-12-33-23(22)25(30)31)15-9-10-16(13-15)27-26(32)34-14-21-19-7-3-1-5-17(19)18-6-2-4-8-20(18)21/h1-8,15-16,21-23H,9-14H2,(H,27,32)(H,28,29)(H,30,31)/t15-,16+,22+,23-/m1/s1. The topological polar surface area (TPSA) is 114 Å². The second-order valence-corrected chi connectivity index (χ2v) is 9.21. The van der Waals surface area contributed by atoms with E-state index in [1.54, 1.807) is 0 Å². The molecule has 3 N–H and O–H groups in total. The van der Waals surface area contributed by atoms with Crippen molar-refractivity contribution < 1.29 is 29.0 Å². The van der Waals surface area contributed by atoms with Gasteiger partial charge in [0, 0.05) is 24.5 Å². The molecule has 1 saturated heterocycles. The van der Waals surface area contributed by atoms with Crippen molar-refractivity contribution in [2.75, 3.05) is 13.2 Å². The number of hydrogen-bond donors (Lipinski definition) is 3. The third-order valence-corrected chi connectivity index (χ3v) is 7.13. The van der Waals surface area contributed by atoms with Gasteiger partial charge in [0.1, 0.15) is 6.61 Å². The van der Waals surface area contributed by atoms with Crippen molar-refractivity contribution in [1.29, 1.82) is 0 Å². The zero-order valence-corrected chi connectivity index (χ0v) is 18.7. The minimum absolute atomic E-state index is 0.00364. The Morgan fingerprint density at radius 3 is 2.29 bits per heavy atom. The molecule has 5 rings (SSSR count). The number of carboxylic acid groups (broad SMARTS) is 1. The summed E-state index contributed by atoms with van der Waals surface area (Å²) in [5.74, 6) is -1.52. The molecule has 0 spiro atoms. The number of hydrogen-bond acceptors (Lipinski definition) is 5. The number of fused-ring (bicyclic) bond motifs is 3. The average molecular weight is 465 g/mol. The van der Waals surface area contributed by atoms with E-state index in [1.165, 1.54) is 11.1 Å². The van der Waals surface area contributed by atoms with Gasteiger partial charge in [0.15, 0.2) is 6.10 Å². The van der Waals surface area contributed by atoms with Crippen LogP contribution in [0.5, 0.6) is 0 Å². The number of carbonyl (C=O) groups excluding carboxylic acids is 2. The third kappa shape index (κ3) is 4.37. The Morgan fingerprint density at radius 2 is 1.62 bits per heavy atom. The third-order valence-electron chi connectivity index (χ3n) is 7.13. The summed E-state index contributed by atoms with van der Waals surface area (Å²) in [5, 5.41) is 14.9. The largest absolute Gasteiger partial charge is 0.479 e. The number of nitrogens with one attached hydrogen (secondary N) is 2. The first kappa shape index (κ1) is 22.4. The van der Waals surface area contributed by atoms with Gasteiger partial charge in [-0.15, -0.1) is 0 Å². The number of aliphatic carboxylic acids is 1. The zero-order valence-electron chi connectivity index (χ0n) is 18.7. The van der Waals surface area contributed by atoms with E-state index in [4.69, 9.17) is 9.47 Å². The molecule has 2 aromatic rings. The molecule has 0 aromatic heterocycles. The molecule has 0 bridgehead atoms. The number of amides is 2. The molecule has 8 nitrogen and oxygen atoms in total. The van der Waals surface area contributed by atoms with Gasteiger partial charge < -0.3 is 25.2 Å². The van der Waals surface area contributed by atoms with Gasteiger partial charge in [0.25, 0.3) is 0 Å². The van der Waals surface area contributed by atoms with Crippen LogP contribution in [0.25, 0.3) is 11.1 Å². The molecule has 4 atom stereocenters. The molecule has 3 aliphatic rings. The molecule has 178 valence electrons. The van der Waals surface area contributed by atoms with E-state index in [1.807, 2.05) is 24.3 Å². The molecule has 1 aliphatic heterocycles. The highest BCUT2D eigenvalue weighted by Crippen LogP contribution is 2.44. The van der Waals surface area contributed by atoms with Crippen molar-refractivity contribution in [3.8, 4) is 11.1 Å². The molecule has 0 radical (unpaired) electrons. The average Bonchev–Trinajstić information content (AvgIpc) is 3.56. The minimum Gasteiger partial charge on any atom is -0.479 e. The van der Waals surface area contributed by atoms with E-state index >= 15 is 0 Å². The first-order valence-corrected chi connectivity index (χ1v) is 11.8. The summed E-state index contributed by atoms with van der Waals surface area (Å²) in [4.78, 5) is 36.4. The molecular formula is C26H28N2O6. The first-order valence-electron chi connectivity index (χ1n) is 11.8. The molecule has 2 amide bonds. The van der Waals surface area contributed by atoms with Crippen LogP contribution >= 0.6 is 0 Å². The maximum Gasteiger partial charge on any atom is 0.407 e. The highest BCUT2D eigenvalue weighted by Gasteiger charge is 2.38. The number of carboxylic acids is 1. The Labute approximate surface area is 197 Å². The number of rotatable bonds is 6. The lowest BCUT2D eigenvalue weighted by Gasteiger charge is -2.19. The molecule has 1 heterocycles. The van der Waals surface area contributed by atoms with E-state index in [2.05, 4.69) is 34.9 Å². The lowest BCUT2D eigenvalue weighted by atomic mass is 9.98. The summed E-state index contributed by atoms with van der Waals surface area (Å²) in [6.45, 7) is 0.563. The molecule has 2 fully saturated rings.